The molecule has 0 saturated carbocycles. The molecule has 3 rings (SSSR count). The first-order valence-electron chi connectivity index (χ1n) is 8.84. The van der Waals surface area contributed by atoms with E-state index < -0.39 is 18.1 Å². The van der Waals surface area contributed by atoms with Gasteiger partial charge in [0.25, 0.3) is 0 Å². The van der Waals surface area contributed by atoms with Gasteiger partial charge in [0.1, 0.15) is 0 Å². The number of benzene rings is 3. The van der Waals surface area contributed by atoms with Gasteiger partial charge in [0.2, 0.25) is 5.91 Å². The second-order valence-electron chi connectivity index (χ2n) is 6.44. The molecule has 0 radical (unpaired) electrons. The first kappa shape index (κ1) is 18.6. The average molecular weight is 362 g/mol. The Hall–Kier alpha value is -3.18. The van der Waals surface area contributed by atoms with Crippen LogP contribution in [0.4, 0.5) is 0 Å². The zero-order valence-electron chi connectivity index (χ0n) is 15.1. The summed E-state index contributed by atoms with van der Waals surface area (Å²) in [6.45, 7) is 2.13. The molecule has 3 N–H and O–H groups in total. The van der Waals surface area contributed by atoms with Crippen LogP contribution in [-0.2, 0) is 16.1 Å². The highest BCUT2D eigenvalue weighted by Crippen LogP contribution is 2.25. The normalized spacial score (nSPS) is 13.1. The number of hydrogen-bond acceptors (Lipinski definition) is 3. The first-order chi connectivity index (χ1) is 13.1. The standard InChI is InChI=1S/C22H22N2O3/c1-15(18-13-7-11-17-10-5-6-12-19(17)18)21(25)24-20(22(26)27)23-14-16-8-3-2-4-9-16/h2-13,15,20,23H,14H2,1H3,(H,24,25)(H,26,27). The van der Waals surface area contributed by atoms with Gasteiger partial charge in [-0.15, -0.1) is 0 Å². The van der Waals surface area contributed by atoms with Crippen molar-refractivity contribution >= 4 is 22.6 Å². The molecule has 1 amide bonds. The van der Waals surface area contributed by atoms with E-state index in [1.807, 2.05) is 72.8 Å². The van der Waals surface area contributed by atoms with Crippen LogP contribution in [0.15, 0.2) is 72.8 Å². The molecule has 0 aromatic heterocycles. The van der Waals surface area contributed by atoms with Crippen molar-refractivity contribution in [1.29, 1.82) is 0 Å². The number of rotatable bonds is 7. The topological polar surface area (TPSA) is 78.4 Å². The Balaban J connectivity index is 1.72. The molecule has 5 heteroatoms. The predicted octanol–water partition coefficient (Wildman–Crippen LogP) is 3.26. The van der Waals surface area contributed by atoms with E-state index in [2.05, 4.69) is 10.6 Å². The minimum atomic E-state index is -1.16. The summed E-state index contributed by atoms with van der Waals surface area (Å²) in [6, 6.07) is 23.1. The van der Waals surface area contributed by atoms with E-state index in [9.17, 15) is 14.7 Å². The zero-order chi connectivity index (χ0) is 19.2. The van der Waals surface area contributed by atoms with Crippen LogP contribution in [0.3, 0.4) is 0 Å². The van der Waals surface area contributed by atoms with Gasteiger partial charge in [-0.05, 0) is 28.8 Å². The van der Waals surface area contributed by atoms with E-state index >= 15 is 0 Å². The van der Waals surface area contributed by atoms with Crippen molar-refractivity contribution in [2.45, 2.75) is 25.6 Å². The lowest BCUT2D eigenvalue weighted by Crippen LogP contribution is -2.51. The third kappa shape index (κ3) is 4.51. The summed E-state index contributed by atoms with van der Waals surface area (Å²) < 4.78 is 0. The van der Waals surface area contributed by atoms with Gasteiger partial charge in [0, 0.05) is 6.54 Å². The number of aliphatic carboxylic acids is 1. The lowest BCUT2D eigenvalue weighted by atomic mass is 9.94. The number of carboxylic acid groups (broad SMARTS) is 1. The number of carboxylic acids is 1. The number of carbonyl (C=O) groups excluding carboxylic acids is 1. The molecule has 0 aliphatic heterocycles. The van der Waals surface area contributed by atoms with E-state index in [0.29, 0.717) is 6.54 Å². The predicted molar refractivity (Wildman–Crippen MR) is 105 cm³/mol. The van der Waals surface area contributed by atoms with Crippen LogP contribution < -0.4 is 10.6 Å². The number of fused-ring (bicyclic) bond motifs is 1. The van der Waals surface area contributed by atoms with E-state index in [4.69, 9.17) is 0 Å². The van der Waals surface area contributed by atoms with Crippen LogP contribution >= 0.6 is 0 Å². The summed E-state index contributed by atoms with van der Waals surface area (Å²) in [5.41, 5.74) is 1.82. The van der Waals surface area contributed by atoms with Gasteiger partial charge >= 0.3 is 5.97 Å². The third-order valence-corrected chi connectivity index (χ3v) is 4.57. The second-order valence-corrected chi connectivity index (χ2v) is 6.44. The van der Waals surface area contributed by atoms with Crippen molar-refractivity contribution in [3.8, 4) is 0 Å². The van der Waals surface area contributed by atoms with Crippen LogP contribution in [0.5, 0.6) is 0 Å². The first-order valence-corrected chi connectivity index (χ1v) is 8.84. The molecule has 0 saturated heterocycles. The number of carbonyl (C=O) groups is 2. The minimum absolute atomic E-state index is 0.334. The Kier molecular flexibility index (Phi) is 5.84. The fraction of sp³-hybridized carbons (Fsp3) is 0.182. The molecule has 27 heavy (non-hydrogen) atoms. The highest BCUT2D eigenvalue weighted by molar-refractivity contribution is 5.94. The molecular weight excluding hydrogens is 340 g/mol. The second kappa shape index (κ2) is 8.47. The third-order valence-electron chi connectivity index (χ3n) is 4.57. The fourth-order valence-electron chi connectivity index (χ4n) is 3.05. The number of amides is 1. The highest BCUT2D eigenvalue weighted by atomic mass is 16.4. The molecule has 2 atom stereocenters. The quantitative estimate of drug-likeness (QED) is 0.564. The van der Waals surface area contributed by atoms with E-state index in [0.717, 1.165) is 21.9 Å². The fourth-order valence-corrected chi connectivity index (χ4v) is 3.05. The smallest absolute Gasteiger partial charge is 0.341 e. The Morgan fingerprint density at radius 3 is 2.33 bits per heavy atom. The van der Waals surface area contributed by atoms with Crippen LogP contribution in [-0.4, -0.2) is 23.1 Å². The van der Waals surface area contributed by atoms with Gasteiger partial charge in [-0.2, -0.15) is 0 Å². The molecule has 2 unspecified atom stereocenters. The van der Waals surface area contributed by atoms with Crippen molar-refractivity contribution < 1.29 is 14.7 Å². The summed E-state index contributed by atoms with van der Waals surface area (Å²) in [6.07, 6.45) is -1.16. The lowest BCUT2D eigenvalue weighted by molar-refractivity contribution is -0.143. The molecule has 0 aliphatic carbocycles. The molecule has 0 spiro atoms. The zero-order valence-corrected chi connectivity index (χ0v) is 15.1. The Labute approximate surface area is 158 Å². The summed E-state index contributed by atoms with van der Waals surface area (Å²) in [7, 11) is 0. The summed E-state index contributed by atoms with van der Waals surface area (Å²) >= 11 is 0. The van der Waals surface area contributed by atoms with Gasteiger partial charge in [0.15, 0.2) is 6.17 Å². The van der Waals surface area contributed by atoms with Crippen molar-refractivity contribution in [3.05, 3.63) is 83.9 Å². The molecule has 0 heterocycles. The van der Waals surface area contributed by atoms with Gasteiger partial charge in [0.05, 0.1) is 5.92 Å². The van der Waals surface area contributed by atoms with Crippen molar-refractivity contribution in [2.75, 3.05) is 0 Å². The Morgan fingerprint density at radius 2 is 1.59 bits per heavy atom. The lowest BCUT2D eigenvalue weighted by Gasteiger charge is -2.20. The van der Waals surface area contributed by atoms with Gasteiger partial charge in [-0.3, -0.25) is 10.1 Å². The maximum absolute atomic E-state index is 12.7. The summed E-state index contributed by atoms with van der Waals surface area (Å²) in [5.74, 6) is -1.93. The molecule has 0 aliphatic rings. The van der Waals surface area contributed by atoms with E-state index in [1.165, 1.54) is 0 Å². The molecule has 0 bridgehead atoms. The van der Waals surface area contributed by atoms with Crippen molar-refractivity contribution in [2.24, 2.45) is 0 Å². The van der Waals surface area contributed by atoms with Gasteiger partial charge < -0.3 is 10.4 Å². The number of hydrogen-bond donors (Lipinski definition) is 3. The van der Waals surface area contributed by atoms with Crippen molar-refractivity contribution in [3.63, 3.8) is 0 Å². The van der Waals surface area contributed by atoms with E-state index in [-0.39, 0.29) is 5.91 Å². The highest BCUT2D eigenvalue weighted by Gasteiger charge is 2.24. The monoisotopic (exact) mass is 362 g/mol. The van der Waals surface area contributed by atoms with Gasteiger partial charge in [-0.1, -0.05) is 72.8 Å². The Morgan fingerprint density at radius 1 is 0.926 bits per heavy atom. The SMILES string of the molecule is CC(C(=O)NC(NCc1ccccc1)C(=O)O)c1cccc2ccccc12. The van der Waals surface area contributed by atoms with Gasteiger partial charge in [-0.25, -0.2) is 4.79 Å². The molecule has 0 fully saturated rings. The van der Waals surface area contributed by atoms with Crippen LogP contribution in [0.1, 0.15) is 24.0 Å². The van der Waals surface area contributed by atoms with Crippen LogP contribution in [0.2, 0.25) is 0 Å². The Bertz CT molecular complexity index is 935. The minimum Gasteiger partial charge on any atom is -0.479 e. The average Bonchev–Trinajstić information content (AvgIpc) is 2.70. The molecule has 5 nitrogen and oxygen atoms in total. The largest absolute Gasteiger partial charge is 0.479 e. The molecule has 3 aromatic carbocycles. The van der Waals surface area contributed by atoms with Crippen molar-refractivity contribution in [1.82, 2.24) is 10.6 Å². The van der Waals surface area contributed by atoms with Crippen LogP contribution in [0.25, 0.3) is 10.8 Å². The molecule has 138 valence electrons. The summed E-state index contributed by atoms with van der Waals surface area (Å²) in [4.78, 5) is 24.2. The van der Waals surface area contributed by atoms with E-state index in [1.54, 1.807) is 6.92 Å². The van der Waals surface area contributed by atoms with Crippen LogP contribution in [0, 0.1) is 0 Å². The number of nitrogens with one attached hydrogen (secondary N) is 2. The summed E-state index contributed by atoms with van der Waals surface area (Å²) in [5, 5.41) is 17.0. The molecule has 3 aromatic rings. The molecular formula is C22H22N2O3. The maximum atomic E-state index is 12.7. The maximum Gasteiger partial charge on any atom is 0.341 e.